The molecule has 2 amide bonds. The van der Waals surface area contributed by atoms with Crippen molar-refractivity contribution in [2.75, 3.05) is 31.6 Å². The zero-order chi connectivity index (χ0) is 29.3. The first-order valence-electron chi connectivity index (χ1n) is 12.8. The van der Waals surface area contributed by atoms with Crippen LogP contribution in [0.3, 0.4) is 0 Å². The zero-order valence-electron chi connectivity index (χ0n) is 23.0. The van der Waals surface area contributed by atoms with Crippen molar-refractivity contribution >= 4 is 27.5 Å². The van der Waals surface area contributed by atoms with Crippen molar-refractivity contribution in [1.82, 2.24) is 10.2 Å². The Kier molecular flexibility index (Phi) is 10.5. The third-order valence-corrected chi connectivity index (χ3v) is 8.05. The van der Waals surface area contributed by atoms with Crippen LogP contribution in [0, 0.1) is 5.82 Å². The fourth-order valence-electron chi connectivity index (χ4n) is 4.15. The average molecular weight is 572 g/mol. The Labute approximate surface area is 234 Å². The molecule has 0 heterocycles. The van der Waals surface area contributed by atoms with Gasteiger partial charge in [-0.2, -0.15) is 0 Å². The van der Waals surface area contributed by atoms with E-state index in [4.69, 9.17) is 9.47 Å². The third-order valence-electron chi connectivity index (χ3n) is 6.26. The number of nitrogens with zero attached hydrogens (tertiary/aromatic N) is 2. The summed E-state index contributed by atoms with van der Waals surface area (Å²) in [5.41, 5.74) is 0.934. The number of hydrogen-bond donors (Lipinski definition) is 1. The van der Waals surface area contributed by atoms with E-state index in [0.29, 0.717) is 24.5 Å². The van der Waals surface area contributed by atoms with E-state index in [1.54, 1.807) is 50.4 Å². The Balaban J connectivity index is 2.04. The van der Waals surface area contributed by atoms with Crippen LogP contribution in [0.2, 0.25) is 0 Å². The molecular formula is C29H34FN3O6S. The highest BCUT2D eigenvalue weighted by Crippen LogP contribution is 2.27. The highest BCUT2D eigenvalue weighted by molar-refractivity contribution is 7.92. The van der Waals surface area contributed by atoms with Crippen molar-refractivity contribution in [2.45, 2.75) is 37.8 Å². The molecule has 0 unspecified atom stereocenters. The molecule has 0 aliphatic rings. The van der Waals surface area contributed by atoms with E-state index in [9.17, 15) is 22.4 Å². The van der Waals surface area contributed by atoms with Gasteiger partial charge >= 0.3 is 0 Å². The zero-order valence-corrected chi connectivity index (χ0v) is 23.8. The van der Waals surface area contributed by atoms with Gasteiger partial charge in [0.05, 0.1) is 24.3 Å². The second-order valence-corrected chi connectivity index (χ2v) is 10.7. The minimum atomic E-state index is -4.30. The normalized spacial score (nSPS) is 11.8. The first kappa shape index (κ1) is 30.4. The smallest absolute Gasteiger partial charge is 0.264 e. The number of benzene rings is 3. The van der Waals surface area contributed by atoms with Crippen LogP contribution in [0.25, 0.3) is 0 Å². The van der Waals surface area contributed by atoms with Crippen LogP contribution in [-0.2, 0) is 26.2 Å². The van der Waals surface area contributed by atoms with E-state index >= 15 is 0 Å². The van der Waals surface area contributed by atoms with Crippen LogP contribution in [0.15, 0.2) is 77.7 Å². The van der Waals surface area contributed by atoms with E-state index in [0.717, 1.165) is 34.1 Å². The molecular weight excluding hydrogens is 537 g/mol. The van der Waals surface area contributed by atoms with E-state index < -0.39 is 34.3 Å². The number of carbonyl (C=O) groups is 2. The van der Waals surface area contributed by atoms with E-state index in [1.165, 1.54) is 24.1 Å². The van der Waals surface area contributed by atoms with Crippen LogP contribution in [0.1, 0.15) is 25.8 Å². The summed E-state index contributed by atoms with van der Waals surface area (Å²) in [6, 6.07) is 16.8. The van der Waals surface area contributed by atoms with E-state index in [-0.39, 0.29) is 23.0 Å². The summed E-state index contributed by atoms with van der Waals surface area (Å²) < 4.78 is 52.8. The van der Waals surface area contributed by atoms with Crippen LogP contribution in [-0.4, -0.2) is 58.5 Å². The number of likely N-dealkylation sites (N-methyl/N-ethyl adjacent to an activating group) is 1. The Morgan fingerprint density at radius 2 is 1.52 bits per heavy atom. The van der Waals surface area contributed by atoms with Crippen LogP contribution in [0.5, 0.6) is 11.5 Å². The van der Waals surface area contributed by atoms with Gasteiger partial charge in [-0.25, -0.2) is 12.8 Å². The van der Waals surface area contributed by atoms with Gasteiger partial charge in [0, 0.05) is 13.6 Å². The van der Waals surface area contributed by atoms with Gasteiger partial charge in [0.15, 0.2) is 0 Å². The van der Waals surface area contributed by atoms with Crippen molar-refractivity contribution < 1.29 is 31.9 Å². The molecule has 0 bridgehead atoms. The van der Waals surface area contributed by atoms with Gasteiger partial charge in [-0.1, -0.05) is 19.1 Å². The minimum absolute atomic E-state index is 0.0580. The van der Waals surface area contributed by atoms with Crippen LogP contribution < -0.4 is 19.1 Å². The Bertz CT molecular complexity index is 1380. The molecule has 0 aliphatic carbocycles. The molecule has 11 heteroatoms. The molecule has 0 saturated heterocycles. The number of sulfonamides is 1. The molecule has 3 aromatic carbocycles. The third kappa shape index (κ3) is 7.29. The number of ether oxygens (including phenoxy) is 2. The number of hydrogen-bond acceptors (Lipinski definition) is 6. The van der Waals surface area contributed by atoms with E-state index in [1.807, 2.05) is 6.92 Å². The molecule has 0 aromatic heterocycles. The second-order valence-electron chi connectivity index (χ2n) is 8.80. The molecule has 0 fully saturated rings. The standard InChI is InChI=1S/C29H34FN3O6S/c1-5-27(29(35)31-3)32(19-21-7-13-24(38-4)14-8-21)28(34)20-33(23-11-15-25(16-12-23)39-6-2)40(36,37)26-17-9-22(30)10-18-26/h7-18,27H,5-6,19-20H2,1-4H3,(H,31,35)/t27-/m1/s1. The molecule has 1 N–H and O–H groups in total. The topological polar surface area (TPSA) is 105 Å². The highest BCUT2D eigenvalue weighted by atomic mass is 32.2. The summed E-state index contributed by atoms with van der Waals surface area (Å²) >= 11 is 0. The fourth-order valence-corrected chi connectivity index (χ4v) is 5.57. The molecule has 214 valence electrons. The van der Waals surface area contributed by atoms with E-state index in [2.05, 4.69) is 5.32 Å². The quantitative estimate of drug-likeness (QED) is 0.333. The van der Waals surface area contributed by atoms with Gasteiger partial charge in [-0.3, -0.25) is 13.9 Å². The summed E-state index contributed by atoms with van der Waals surface area (Å²) in [6.45, 7) is 3.48. The van der Waals surface area contributed by atoms with Gasteiger partial charge in [-0.05, 0) is 79.6 Å². The number of halogens is 1. The Morgan fingerprint density at radius 3 is 2.05 bits per heavy atom. The monoisotopic (exact) mass is 571 g/mol. The number of rotatable bonds is 13. The molecule has 3 rings (SSSR count). The molecule has 3 aromatic rings. The predicted molar refractivity (Wildman–Crippen MR) is 150 cm³/mol. The summed E-state index contributed by atoms with van der Waals surface area (Å²) in [5, 5.41) is 2.59. The summed E-state index contributed by atoms with van der Waals surface area (Å²) in [4.78, 5) is 27.9. The maximum Gasteiger partial charge on any atom is 0.264 e. The first-order valence-corrected chi connectivity index (χ1v) is 14.2. The maximum absolute atomic E-state index is 13.9. The molecule has 1 atom stereocenters. The molecule has 0 spiro atoms. The van der Waals surface area contributed by atoms with Crippen LogP contribution >= 0.6 is 0 Å². The van der Waals surface area contributed by atoms with Crippen molar-refractivity contribution in [3.63, 3.8) is 0 Å². The van der Waals surface area contributed by atoms with Gasteiger partial charge in [0.2, 0.25) is 11.8 Å². The van der Waals surface area contributed by atoms with Gasteiger partial charge in [0.1, 0.15) is 29.9 Å². The minimum Gasteiger partial charge on any atom is -0.497 e. The molecule has 0 aliphatic heterocycles. The maximum atomic E-state index is 13.9. The lowest BCUT2D eigenvalue weighted by Gasteiger charge is -2.33. The molecule has 40 heavy (non-hydrogen) atoms. The SMILES string of the molecule is CCOc1ccc(N(CC(=O)N(Cc2ccc(OC)cc2)[C@H](CC)C(=O)NC)S(=O)(=O)c2ccc(F)cc2)cc1. The summed E-state index contributed by atoms with van der Waals surface area (Å²) in [5.74, 6) is -0.399. The summed E-state index contributed by atoms with van der Waals surface area (Å²) in [7, 11) is -1.28. The largest absolute Gasteiger partial charge is 0.497 e. The van der Waals surface area contributed by atoms with Crippen molar-refractivity contribution in [3.8, 4) is 11.5 Å². The van der Waals surface area contributed by atoms with Gasteiger partial charge < -0.3 is 19.7 Å². The van der Waals surface area contributed by atoms with Gasteiger partial charge in [0.25, 0.3) is 10.0 Å². The Hall–Kier alpha value is -4.12. The number of amides is 2. The Morgan fingerprint density at radius 1 is 0.925 bits per heavy atom. The lowest BCUT2D eigenvalue weighted by Crippen LogP contribution is -2.51. The average Bonchev–Trinajstić information content (AvgIpc) is 2.96. The molecule has 0 radical (unpaired) electrons. The molecule has 9 nitrogen and oxygen atoms in total. The fraction of sp³-hybridized carbons (Fsp3) is 0.310. The second kappa shape index (κ2) is 13.8. The first-order chi connectivity index (χ1) is 19.1. The molecule has 0 saturated carbocycles. The lowest BCUT2D eigenvalue weighted by atomic mass is 10.1. The van der Waals surface area contributed by atoms with Crippen molar-refractivity contribution in [3.05, 3.63) is 84.2 Å². The van der Waals surface area contributed by atoms with Crippen molar-refractivity contribution in [1.29, 1.82) is 0 Å². The number of methoxy groups -OCH3 is 1. The summed E-state index contributed by atoms with van der Waals surface area (Å²) in [6.07, 6.45) is 0.301. The number of anilines is 1. The van der Waals surface area contributed by atoms with Crippen molar-refractivity contribution in [2.24, 2.45) is 0 Å². The number of nitrogens with one attached hydrogen (secondary N) is 1. The van der Waals surface area contributed by atoms with Gasteiger partial charge in [-0.15, -0.1) is 0 Å². The lowest BCUT2D eigenvalue weighted by molar-refractivity contribution is -0.140. The number of carbonyl (C=O) groups excluding carboxylic acids is 2. The predicted octanol–water partition coefficient (Wildman–Crippen LogP) is 3.98. The van der Waals surface area contributed by atoms with Crippen LogP contribution in [0.4, 0.5) is 10.1 Å². The highest BCUT2D eigenvalue weighted by Gasteiger charge is 2.33.